The number of H-pyrrole nitrogens is 1. The molecule has 1 aliphatic rings. The maximum atomic E-state index is 4.56. The smallest absolute Gasteiger partial charge is 0.111 e. The fraction of sp³-hybridized carbons (Fsp3) is 0.105. The maximum Gasteiger partial charge on any atom is 0.111 e. The van der Waals surface area contributed by atoms with Crippen molar-refractivity contribution in [3.05, 3.63) is 81.5 Å². The number of aromatic nitrogens is 4. The lowest BCUT2D eigenvalue weighted by atomic mass is 9.72. The predicted molar refractivity (Wildman–Crippen MR) is 102 cm³/mol. The van der Waals surface area contributed by atoms with Gasteiger partial charge in [0.1, 0.15) is 5.69 Å². The number of allylic oxidation sites excluding steroid dienone is 1. The minimum absolute atomic E-state index is 0.201. The van der Waals surface area contributed by atoms with Crippen LogP contribution in [0.4, 0.5) is 0 Å². The highest BCUT2D eigenvalue weighted by molar-refractivity contribution is 7.13. The molecule has 4 nitrogen and oxygen atoms in total. The minimum Gasteiger partial charge on any atom is -0.281 e. The lowest BCUT2D eigenvalue weighted by molar-refractivity contribution is 0.631. The summed E-state index contributed by atoms with van der Waals surface area (Å²) >= 11 is 3.31. The molecule has 4 aromatic rings. The van der Waals surface area contributed by atoms with Gasteiger partial charge in [0.05, 0.1) is 21.3 Å². The van der Waals surface area contributed by atoms with Gasteiger partial charge >= 0.3 is 0 Å². The van der Waals surface area contributed by atoms with E-state index in [4.69, 9.17) is 0 Å². The summed E-state index contributed by atoms with van der Waals surface area (Å²) in [6, 6.07) is 10.6. The third kappa shape index (κ3) is 2.29. The third-order valence-electron chi connectivity index (χ3n) is 4.70. The van der Waals surface area contributed by atoms with Crippen LogP contribution in [-0.2, 0) is 11.8 Å². The summed E-state index contributed by atoms with van der Waals surface area (Å²) in [6.45, 7) is 0. The zero-order valence-corrected chi connectivity index (χ0v) is 14.8. The van der Waals surface area contributed by atoms with Crippen molar-refractivity contribution in [1.29, 1.82) is 0 Å². The van der Waals surface area contributed by atoms with E-state index in [0.717, 1.165) is 22.7 Å². The normalized spacial score (nSPS) is 19.0. The summed E-state index contributed by atoms with van der Waals surface area (Å²) in [6.07, 6.45) is 9.20. The first-order chi connectivity index (χ1) is 12.4. The van der Waals surface area contributed by atoms with Gasteiger partial charge in [0.25, 0.3) is 0 Å². The molecule has 122 valence electrons. The van der Waals surface area contributed by atoms with Gasteiger partial charge in [-0.3, -0.25) is 15.1 Å². The molecule has 0 amide bonds. The number of thiazole rings is 2. The van der Waals surface area contributed by atoms with E-state index < -0.39 is 0 Å². The van der Waals surface area contributed by atoms with Crippen molar-refractivity contribution in [3.8, 4) is 10.6 Å². The largest absolute Gasteiger partial charge is 0.281 e. The fourth-order valence-electron chi connectivity index (χ4n) is 3.47. The van der Waals surface area contributed by atoms with Crippen LogP contribution < -0.4 is 0 Å². The molecule has 6 heteroatoms. The number of hydrogen-bond donors (Lipinski definition) is 1. The monoisotopic (exact) mass is 362 g/mol. The van der Waals surface area contributed by atoms with Crippen molar-refractivity contribution >= 4 is 28.7 Å². The summed E-state index contributed by atoms with van der Waals surface area (Å²) in [7, 11) is 0. The Balaban J connectivity index is 1.66. The van der Waals surface area contributed by atoms with E-state index in [2.05, 4.69) is 62.6 Å². The molecule has 0 spiro atoms. The summed E-state index contributed by atoms with van der Waals surface area (Å²) in [5.74, 6) is 0. The zero-order chi connectivity index (χ0) is 16.7. The molecule has 25 heavy (non-hydrogen) atoms. The average Bonchev–Trinajstić information content (AvgIpc) is 3.42. The lowest BCUT2D eigenvalue weighted by Gasteiger charge is -2.32. The SMILES string of the molecule is C1=CC(c2ccccc2)(c2cncs2)Cc2[nH]nc(-c3cncs3)c21. The second kappa shape index (κ2) is 5.75. The van der Waals surface area contributed by atoms with Gasteiger partial charge in [0, 0.05) is 34.9 Å². The van der Waals surface area contributed by atoms with Crippen LogP contribution in [0, 0.1) is 0 Å². The van der Waals surface area contributed by atoms with Crippen molar-refractivity contribution < 1.29 is 0 Å². The summed E-state index contributed by atoms with van der Waals surface area (Å²) in [5.41, 5.74) is 8.12. The molecular formula is C19H14N4S2. The Hall–Kier alpha value is -2.57. The van der Waals surface area contributed by atoms with E-state index in [0.29, 0.717) is 0 Å². The number of nitrogens with one attached hydrogen (secondary N) is 1. The number of benzene rings is 1. The van der Waals surface area contributed by atoms with E-state index in [1.807, 2.05) is 23.4 Å². The lowest BCUT2D eigenvalue weighted by Crippen LogP contribution is -2.29. The molecule has 5 rings (SSSR count). The Bertz CT molecular complexity index is 1020. The second-order valence-electron chi connectivity index (χ2n) is 6.04. The van der Waals surface area contributed by atoms with Crippen LogP contribution in [0.25, 0.3) is 16.6 Å². The van der Waals surface area contributed by atoms with Gasteiger partial charge in [-0.25, -0.2) is 0 Å². The van der Waals surface area contributed by atoms with Crippen LogP contribution in [-0.4, -0.2) is 20.2 Å². The molecule has 3 aromatic heterocycles. The van der Waals surface area contributed by atoms with Gasteiger partial charge in [0.15, 0.2) is 0 Å². The van der Waals surface area contributed by atoms with Crippen LogP contribution in [0.15, 0.2) is 59.8 Å². The third-order valence-corrected chi connectivity index (χ3v) is 6.43. The highest BCUT2D eigenvalue weighted by Gasteiger charge is 2.37. The molecule has 0 bridgehead atoms. The Morgan fingerprint density at radius 1 is 1.00 bits per heavy atom. The standard InChI is InChI=1S/C19H14N4S2/c1-2-4-13(5-3-1)19(17-10-21-12-25-17)7-6-14-15(8-19)22-23-18(14)16-9-20-11-24-16/h1-7,9-12H,8H2,(H,22,23). The maximum absolute atomic E-state index is 4.56. The molecule has 1 atom stereocenters. The first-order valence-corrected chi connectivity index (χ1v) is 9.72. The van der Waals surface area contributed by atoms with Crippen molar-refractivity contribution in [3.63, 3.8) is 0 Å². The van der Waals surface area contributed by atoms with E-state index in [9.17, 15) is 0 Å². The number of nitrogens with zero attached hydrogens (tertiary/aromatic N) is 3. The molecule has 1 unspecified atom stereocenters. The van der Waals surface area contributed by atoms with Crippen LogP contribution in [0.1, 0.15) is 21.7 Å². The van der Waals surface area contributed by atoms with Crippen molar-refractivity contribution in [2.45, 2.75) is 11.8 Å². The average molecular weight is 362 g/mol. The number of rotatable bonds is 3. The van der Waals surface area contributed by atoms with Crippen molar-refractivity contribution in [2.75, 3.05) is 0 Å². The Kier molecular flexibility index (Phi) is 3.39. The fourth-order valence-corrected chi connectivity index (χ4v) is 4.92. The summed E-state index contributed by atoms with van der Waals surface area (Å²) in [5, 5.41) is 7.83. The molecule has 0 aliphatic heterocycles. The van der Waals surface area contributed by atoms with E-state index >= 15 is 0 Å². The molecule has 0 saturated heterocycles. The highest BCUT2D eigenvalue weighted by atomic mass is 32.1. The van der Waals surface area contributed by atoms with Crippen molar-refractivity contribution in [2.24, 2.45) is 0 Å². The number of aromatic amines is 1. The first kappa shape index (κ1) is 14.7. The van der Waals surface area contributed by atoms with Gasteiger partial charge in [-0.15, -0.1) is 22.7 Å². The van der Waals surface area contributed by atoms with E-state index in [-0.39, 0.29) is 5.41 Å². The van der Waals surface area contributed by atoms with Crippen LogP contribution in [0.2, 0.25) is 0 Å². The summed E-state index contributed by atoms with van der Waals surface area (Å²) < 4.78 is 0. The Labute approximate surface area is 152 Å². The Morgan fingerprint density at radius 2 is 1.84 bits per heavy atom. The van der Waals surface area contributed by atoms with Gasteiger partial charge in [-0.2, -0.15) is 5.10 Å². The molecule has 0 radical (unpaired) electrons. The zero-order valence-electron chi connectivity index (χ0n) is 13.2. The number of hydrogen-bond acceptors (Lipinski definition) is 5. The van der Waals surface area contributed by atoms with Crippen LogP contribution in [0.5, 0.6) is 0 Å². The topological polar surface area (TPSA) is 54.5 Å². The molecule has 1 N–H and O–H groups in total. The van der Waals surface area contributed by atoms with Crippen LogP contribution >= 0.6 is 22.7 Å². The number of fused-ring (bicyclic) bond motifs is 1. The molecule has 1 aliphatic carbocycles. The molecule has 3 heterocycles. The van der Waals surface area contributed by atoms with Gasteiger partial charge < -0.3 is 0 Å². The predicted octanol–water partition coefficient (Wildman–Crippen LogP) is 4.55. The molecule has 0 saturated carbocycles. The molecular weight excluding hydrogens is 348 g/mol. The Morgan fingerprint density at radius 3 is 2.60 bits per heavy atom. The van der Waals surface area contributed by atoms with Gasteiger partial charge in [0.2, 0.25) is 0 Å². The summed E-state index contributed by atoms with van der Waals surface area (Å²) in [4.78, 5) is 10.8. The first-order valence-electron chi connectivity index (χ1n) is 7.97. The molecule has 1 aromatic carbocycles. The minimum atomic E-state index is -0.201. The molecule has 0 fully saturated rings. The second-order valence-corrected chi connectivity index (χ2v) is 7.82. The van der Waals surface area contributed by atoms with Crippen LogP contribution in [0.3, 0.4) is 0 Å². The highest BCUT2D eigenvalue weighted by Crippen LogP contribution is 2.44. The van der Waals surface area contributed by atoms with Gasteiger partial charge in [-0.05, 0) is 5.56 Å². The van der Waals surface area contributed by atoms with E-state index in [1.54, 1.807) is 22.7 Å². The quantitative estimate of drug-likeness (QED) is 0.582. The van der Waals surface area contributed by atoms with Gasteiger partial charge in [-0.1, -0.05) is 42.5 Å². The van der Waals surface area contributed by atoms with E-state index in [1.165, 1.54) is 16.0 Å². The van der Waals surface area contributed by atoms with Crippen molar-refractivity contribution in [1.82, 2.24) is 20.2 Å².